The first kappa shape index (κ1) is 11.4. The molecule has 1 heterocycles. The van der Waals surface area contributed by atoms with Gasteiger partial charge in [-0.15, -0.1) is 0 Å². The minimum absolute atomic E-state index is 0.314. The van der Waals surface area contributed by atoms with E-state index in [1.165, 1.54) is 27.7 Å². The minimum Gasteiger partial charge on any atom is -0.381 e. The van der Waals surface area contributed by atoms with Gasteiger partial charge in [0.15, 0.2) is 0 Å². The van der Waals surface area contributed by atoms with E-state index in [1.54, 1.807) is 0 Å². The first-order valence-corrected chi connectivity index (χ1v) is 6.98. The van der Waals surface area contributed by atoms with Crippen molar-refractivity contribution < 1.29 is 0 Å². The molecular formula is C18H16N2. The molecule has 0 amide bonds. The number of rotatable bonds is 1. The highest BCUT2D eigenvalue weighted by molar-refractivity contribution is 5.83. The van der Waals surface area contributed by atoms with E-state index in [2.05, 4.69) is 77.4 Å². The summed E-state index contributed by atoms with van der Waals surface area (Å²) in [5, 5.41) is 9.70. The summed E-state index contributed by atoms with van der Waals surface area (Å²) in [7, 11) is 0. The maximum absolute atomic E-state index is 3.62. The Hall–Kier alpha value is -2.48. The molecule has 1 aliphatic rings. The van der Waals surface area contributed by atoms with E-state index in [-0.39, 0.29) is 0 Å². The Labute approximate surface area is 118 Å². The number of para-hydroxylation sites is 2. The predicted octanol–water partition coefficient (Wildman–Crippen LogP) is 4.42. The smallest absolute Gasteiger partial charge is 0.0687 e. The van der Waals surface area contributed by atoms with Gasteiger partial charge < -0.3 is 10.6 Å². The number of anilines is 2. The first-order valence-electron chi connectivity index (χ1n) is 6.98. The molecule has 0 aliphatic carbocycles. The zero-order chi connectivity index (χ0) is 13.4. The van der Waals surface area contributed by atoms with Crippen molar-refractivity contribution >= 4 is 22.1 Å². The van der Waals surface area contributed by atoms with Gasteiger partial charge >= 0.3 is 0 Å². The quantitative estimate of drug-likeness (QED) is 0.677. The summed E-state index contributed by atoms with van der Waals surface area (Å²) in [5.74, 6) is 0. The Morgan fingerprint density at radius 2 is 1.50 bits per heavy atom. The Kier molecular flexibility index (Phi) is 2.59. The van der Waals surface area contributed by atoms with Crippen LogP contribution in [-0.4, -0.2) is 6.54 Å². The number of nitrogens with one attached hydrogen (secondary N) is 2. The lowest BCUT2D eigenvalue weighted by atomic mass is 10.00. The van der Waals surface area contributed by atoms with Crippen molar-refractivity contribution in [2.75, 3.05) is 17.2 Å². The van der Waals surface area contributed by atoms with E-state index in [0.29, 0.717) is 6.04 Å². The summed E-state index contributed by atoms with van der Waals surface area (Å²) in [6, 6.07) is 23.9. The highest BCUT2D eigenvalue weighted by atomic mass is 15.1. The van der Waals surface area contributed by atoms with E-state index < -0.39 is 0 Å². The Balaban J connectivity index is 1.70. The van der Waals surface area contributed by atoms with Crippen molar-refractivity contribution in [3.05, 3.63) is 72.3 Å². The van der Waals surface area contributed by atoms with Crippen LogP contribution in [0.5, 0.6) is 0 Å². The van der Waals surface area contributed by atoms with Gasteiger partial charge in [-0.05, 0) is 34.5 Å². The van der Waals surface area contributed by atoms with Gasteiger partial charge in [-0.1, -0.05) is 48.5 Å². The molecule has 2 N–H and O–H groups in total. The van der Waals surface area contributed by atoms with Crippen molar-refractivity contribution in [1.29, 1.82) is 0 Å². The molecule has 0 saturated heterocycles. The third kappa shape index (κ3) is 1.90. The van der Waals surface area contributed by atoms with Gasteiger partial charge in [-0.3, -0.25) is 0 Å². The zero-order valence-electron chi connectivity index (χ0n) is 11.1. The summed E-state index contributed by atoms with van der Waals surface area (Å²) in [5.41, 5.74) is 3.69. The van der Waals surface area contributed by atoms with E-state index >= 15 is 0 Å². The van der Waals surface area contributed by atoms with Gasteiger partial charge in [-0.2, -0.15) is 0 Å². The lowest BCUT2D eigenvalue weighted by Gasteiger charge is -2.28. The second kappa shape index (κ2) is 4.57. The lowest BCUT2D eigenvalue weighted by molar-refractivity contribution is 0.805. The van der Waals surface area contributed by atoms with E-state index in [9.17, 15) is 0 Å². The van der Waals surface area contributed by atoms with Gasteiger partial charge in [0.1, 0.15) is 0 Å². The molecule has 0 saturated carbocycles. The van der Waals surface area contributed by atoms with E-state index in [0.717, 1.165) is 6.54 Å². The van der Waals surface area contributed by atoms with Gasteiger partial charge in [0.2, 0.25) is 0 Å². The molecule has 2 nitrogen and oxygen atoms in total. The van der Waals surface area contributed by atoms with Crippen molar-refractivity contribution in [1.82, 2.24) is 0 Å². The van der Waals surface area contributed by atoms with Crippen molar-refractivity contribution in [3.8, 4) is 0 Å². The molecule has 1 aliphatic heterocycles. The van der Waals surface area contributed by atoms with E-state index in [1.807, 2.05) is 0 Å². The monoisotopic (exact) mass is 260 g/mol. The fourth-order valence-electron chi connectivity index (χ4n) is 2.84. The van der Waals surface area contributed by atoms with Crippen LogP contribution in [0, 0.1) is 0 Å². The fourth-order valence-corrected chi connectivity index (χ4v) is 2.84. The number of benzene rings is 3. The molecule has 0 fully saturated rings. The Bertz CT molecular complexity index is 764. The zero-order valence-corrected chi connectivity index (χ0v) is 11.1. The van der Waals surface area contributed by atoms with Gasteiger partial charge in [0.05, 0.1) is 17.4 Å². The summed E-state index contributed by atoms with van der Waals surface area (Å²) < 4.78 is 0. The third-order valence-corrected chi connectivity index (χ3v) is 3.93. The van der Waals surface area contributed by atoms with Gasteiger partial charge in [0.25, 0.3) is 0 Å². The van der Waals surface area contributed by atoms with Crippen LogP contribution >= 0.6 is 0 Å². The fraction of sp³-hybridized carbons (Fsp3) is 0.111. The molecule has 1 atom stereocenters. The molecule has 4 rings (SSSR count). The molecule has 98 valence electrons. The highest BCUT2D eigenvalue weighted by Gasteiger charge is 2.18. The second-order valence-corrected chi connectivity index (χ2v) is 5.23. The molecule has 0 bridgehead atoms. The van der Waals surface area contributed by atoms with Crippen LogP contribution in [0.1, 0.15) is 11.6 Å². The van der Waals surface area contributed by atoms with E-state index in [4.69, 9.17) is 0 Å². The molecule has 0 spiro atoms. The standard InChI is InChI=1S/C18H16N2/c1-2-6-14-11-15(10-9-13(14)5-1)18-12-19-16-7-3-4-8-17(16)20-18/h1-11,18-20H,12H2/t18-/m0/s1. The largest absolute Gasteiger partial charge is 0.381 e. The minimum atomic E-state index is 0.314. The number of hydrogen-bond acceptors (Lipinski definition) is 2. The predicted molar refractivity (Wildman–Crippen MR) is 85.2 cm³/mol. The van der Waals surface area contributed by atoms with Gasteiger partial charge in [0, 0.05) is 6.54 Å². The summed E-state index contributed by atoms with van der Waals surface area (Å²) in [6.07, 6.45) is 0. The molecule has 3 aromatic carbocycles. The second-order valence-electron chi connectivity index (χ2n) is 5.23. The highest BCUT2D eigenvalue weighted by Crippen LogP contribution is 2.32. The molecule has 0 unspecified atom stereocenters. The maximum atomic E-state index is 3.62. The number of fused-ring (bicyclic) bond motifs is 2. The molecule has 0 aromatic heterocycles. The van der Waals surface area contributed by atoms with Crippen LogP contribution in [-0.2, 0) is 0 Å². The molecular weight excluding hydrogens is 244 g/mol. The molecule has 0 radical (unpaired) electrons. The van der Waals surface area contributed by atoms with Crippen LogP contribution in [0.3, 0.4) is 0 Å². The molecule has 20 heavy (non-hydrogen) atoms. The third-order valence-electron chi connectivity index (χ3n) is 3.93. The van der Waals surface area contributed by atoms with Crippen LogP contribution < -0.4 is 10.6 Å². The molecule has 2 heteroatoms. The van der Waals surface area contributed by atoms with Crippen molar-refractivity contribution in [2.45, 2.75) is 6.04 Å². The summed E-state index contributed by atoms with van der Waals surface area (Å²) in [4.78, 5) is 0. The first-order chi connectivity index (χ1) is 9.90. The summed E-state index contributed by atoms with van der Waals surface area (Å²) in [6.45, 7) is 0.912. The van der Waals surface area contributed by atoms with Crippen LogP contribution in [0.25, 0.3) is 10.8 Å². The lowest BCUT2D eigenvalue weighted by Crippen LogP contribution is -2.25. The Morgan fingerprint density at radius 1 is 0.750 bits per heavy atom. The topological polar surface area (TPSA) is 24.1 Å². The Morgan fingerprint density at radius 3 is 2.40 bits per heavy atom. The normalized spacial score (nSPS) is 17.1. The van der Waals surface area contributed by atoms with Crippen LogP contribution in [0.15, 0.2) is 66.7 Å². The summed E-state index contributed by atoms with van der Waals surface area (Å²) >= 11 is 0. The van der Waals surface area contributed by atoms with Crippen LogP contribution in [0.4, 0.5) is 11.4 Å². The van der Waals surface area contributed by atoms with Crippen LogP contribution in [0.2, 0.25) is 0 Å². The average molecular weight is 260 g/mol. The molecule has 3 aromatic rings. The van der Waals surface area contributed by atoms with Crippen molar-refractivity contribution in [3.63, 3.8) is 0 Å². The number of hydrogen-bond donors (Lipinski definition) is 2. The van der Waals surface area contributed by atoms with Gasteiger partial charge in [-0.25, -0.2) is 0 Å². The SMILES string of the molecule is c1ccc2c(c1)NC[C@@H](c1ccc3ccccc3c1)N2. The van der Waals surface area contributed by atoms with Crippen molar-refractivity contribution in [2.24, 2.45) is 0 Å². The average Bonchev–Trinajstić information content (AvgIpc) is 2.54. The maximum Gasteiger partial charge on any atom is 0.0687 e.